The number of rotatable bonds is 2. The fraction of sp³-hybridized carbons (Fsp3) is 0.600. The monoisotopic (exact) mass is 288 g/mol. The van der Waals surface area contributed by atoms with E-state index in [-0.39, 0.29) is 0 Å². The zero-order valence-corrected chi connectivity index (χ0v) is 12.4. The molecular formula is C15H20N4S. The van der Waals surface area contributed by atoms with Crippen LogP contribution in [0.4, 0.5) is 0 Å². The molecule has 2 aliphatic heterocycles. The summed E-state index contributed by atoms with van der Waals surface area (Å²) in [6.45, 7) is 2.21. The minimum Gasteiger partial charge on any atom is -0.317 e. The Kier molecular flexibility index (Phi) is 3.40. The van der Waals surface area contributed by atoms with Gasteiger partial charge in [0, 0.05) is 23.9 Å². The number of hydrogen-bond acceptors (Lipinski definition) is 4. The first kappa shape index (κ1) is 12.7. The molecule has 0 radical (unpaired) electrons. The predicted molar refractivity (Wildman–Crippen MR) is 83.4 cm³/mol. The predicted octanol–water partition coefficient (Wildman–Crippen LogP) is 2.58. The molecule has 2 aliphatic rings. The SMILES string of the molecule is c1cnc2c(c1)nc(C1CCSC1)n2C1CCNCC1. The van der Waals surface area contributed by atoms with Crippen molar-refractivity contribution in [3.63, 3.8) is 0 Å². The molecule has 0 aliphatic carbocycles. The first-order valence-electron chi connectivity index (χ1n) is 7.55. The van der Waals surface area contributed by atoms with Gasteiger partial charge in [0.1, 0.15) is 11.3 Å². The average Bonchev–Trinajstić information content (AvgIpc) is 3.15. The fourth-order valence-corrected chi connectivity index (χ4v) is 4.62. The number of nitrogens with zero attached hydrogens (tertiary/aromatic N) is 3. The molecule has 4 nitrogen and oxygen atoms in total. The number of aromatic nitrogens is 3. The maximum atomic E-state index is 4.94. The molecule has 0 spiro atoms. The van der Waals surface area contributed by atoms with Crippen LogP contribution in [-0.2, 0) is 0 Å². The van der Waals surface area contributed by atoms with E-state index in [2.05, 4.69) is 32.7 Å². The van der Waals surface area contributed by atoms with E-state index in [0.29, 0.717) is 12.0 Å². The molecule has 0 saturated carbocycles. The highest BCUT2D eigenvalue weighted by atomic mass is 32.2. The minimum absolute atomic E-state index is 0.566. The number of fused-ring (bicyclic) bond motifs is 1. The number of imidazole rings is 1. The second-order valence-electron chi connectivity index (χ2n) is 5.73. The summed E-state index contributed by atoms with van der Waals surface area (Å²) in [5.74, 6) is 4.39. The van der Waals surface area contributed by atoms with Crippen molar-refractivity contribution in [2.75, 3.05) is 24.6 Å². The van der Waals surface area contributed by atoms with Gasteiger partial charge in [-0.25, -0.2) is 9.97 Å². The highest BCUT2D eigenvalue weighted by molar-refractivity contribution is 7.99. The van der Waals surface area contributed by atoms with Crippen LogP contribution < -0.4 is 5.32 Å². The van der Waals surface area contributed by atoms with Crippen LogP contribution in [0.25, 0.3) is 11.2 Å². The van der Waals surface area contributed by atoms with E-state index < -0.39 is 0 Å². The molecule has 1 unspecified atom stereocenters. The van der Waals surface area contributed by atoms with Crippen LogP contribution in [0.15, 0.2) is 18.3 Å². The van der Waals surface area contributed by atoms with Crippen LogP contribution >= 0.6 is 11.8 Å². The third kappa shape index (κ3) is 2.13. The highest BCUT2D eigenvalue weighted by Crippen LogP contribution is 2.36. The molecule has 0 amide bonds. The van der Waals surface area contributed by atoms with Crippen LogP contribution in [0, 0.1) is 0 Å². The fourth-order valence-electron chi connectivity index (χ4n) is 3.40. The molecule has 0 aromatic carbocycles. The Hall–Kier alpha value is -1.07. The largest absolute Gasteiger partial charge is 0.317 e. The highest BCUT2D eigenvalue weighted by Gasteiger charge is 2.28. The van der Waals surface area contributed by atoms with Gasteiger partial charge in [0.15, 0.2) is 5.65 Å². The Morgan fingerprint density at radius 2 is 2.15 bits per heavy atom. The molecule has 1 N–H and O–H groups in total. The Morgan fingerprint density at radius 1 is 1.25 bits per heavy atom. The van der Waals surface area contributed by atoms with Gasteiger partial charge in [-0.3, -0.25) is 0 Å². The molecule has 20 heavy (non-hydrogen) atoms. The van der Waals surface area contributed by atoms with Gasteiger partial charge in [0.25, 0.3) is 0 Å². The van der Waals surface area contributed by atoms with E-state index in [9.17, 15) is 0 Å². The van der Waals surface area contributed by atoms with E-state index in [0.717, 1.165) is 24.3 Å². The Morgan fingerprint density at radius 3 is 2.95 bits per heavy atom. The Labute approximate surface area is 123 Å². The first-order chi connectivity index (χ1) is 9.93. The molecular weight excluding hydrogens is 268 g/mol. The Balaban J connectivity index is 1.83. The van der Waals surface area contributed by atoms with Gasteiger partial charge < -0.3 is 9.88 Å². The van der Waals surface area contributed by atoms with Crippen molar-refractivity contribution in [1.82, 2.24) is 19.9 Å². The van der Waals surface area contributed by atoms with Gasteiger partial charge in [-0.2, -0.15) is 11.8 Å². The zero-order chi connectivity index (χ0) is 13.4. The summed E-state index contributed by atoms with van der Waals surface area (Å²) in [6, 6.07) is 4.66. The van der Waals surface area contributed by atoms with Crippen molar-refractivity contribution in [1.29, 1.82) is 0 Å². The smallest absolute Gasteiger partial charge is 0.160 e. The molecule has 0 bridgehead atoms. The summed E-state index contributed by atoms with van der Waals surface area (Å²) in [4.78, 5) is 9.56. The standard InChI is InChI=1S/C15H20N4S/c1-2-13-15(17-6-1)19(12-3-7-16-8-4-12)14(18-13)11-5-9-20-10-11/h1-2,6,11-12,16H,3-5,7-10H2. The van der Waals surface area contributed by atoms with Crippen LogP contribution in [0.1, 0.15) is 37.0 Å². The van der Waals surface area contributed by atoms with Gasteiger partial charge in [-0.05, 0) is 50.2 Å². The van der Waals surface area contributed by atoms with E-state index >= 15 is 0 Å². The number of nitrogens with one attached hydrogen (secondary N) is 1. The van der Waals surface area contributed by atoms with Crippen molar-refractivity contribution in [2.24, 2.45) is 0 Å². The van der Waals surface area contributed by atoms with Crippen LogP contribution in [0.5, 0.6) is 0 Å². The van der Waals surface area contributed by atoms with Crippen LogP contribution in [0.2, 0.25) is 0 Å². The van der Waals surface area contributed by atoms with E-state index in [1.165, 1.54) is 36.6 Å². The van der Waals surface area contributed by atoms with Crippen molar-refractivity contribution in [3.05, 3.63) is 24.2 Å². The third-order valence-corrected chi connectivity index (χ3v) is 5.61. The van der Waals surface area contributed by atoms with Crippen LogP contribution in [-0.4, -0.2) is 39.1 Å². The molecule has 106 valence electrons. The molecule has 5 heteroatoms. The number of piperidine rings is 1. The lowest BCUT2D eigenvalue weighted by Gasteiger charge is -2.27. The third-order valence-electron chi connectivity index (χ3n) is 4.44. The van der Waals surface area contributed by atoms with Crippen molar-refractivity contribution < 1.29 is 0 Å². The topological polar surface area (TPSA) is 42.7 Å². The van der Waals surface area contributed by atoms with Crippen LogP contribution in [0.3, 0.4) is 0 Å². The second-order valence-corrected chi connectivity index (χ2v) is 6.88. The number of thioether (sulfide) groups is 1. The second kappa shape index (κ2) is 5.37. The zero-order valence-electron chi connectivity index (χ0n) is 11.6. The number of hydrogen-bond donors (Lipinski definition) is 1. The first-order valence-corrected chi connectivity index (χ1v) is 8.70. The van der Waals surface area contributed by atoms with E-state index in [1.807, 2.05) is 12.3 Å². The van der Waals surface area contributed by atoms with Crippen molar-refractivity contribution >= 4 is 22.9 Å². The molecule has 4 rings (SSSR count). The molecule has 2 saturated heterocycles. The summed E-state index contributed by atoms with van der Waals surface area (Å²) in [5, 5.41) is 3.46. The summed E-state index contributed by atoms with van der Waals surface area (Å²) in [5.41, 5.74) is 2.16. The van der Waals surface area contributed by atoms with Crippen molar-refractivity contribution in [3.8, 4) is 0 Å². The lowest BCUT2D eigenvalue weighted by molar-refractivity contribution is 0.361. The summed E-state index contributed by atoms with van der Waals surface area (Å²) < 4.78 is 2.46. The minimum atomic E-state index is 0.566. The van der Waals surface area contributed by atoms with Gasteiger partial charge in [-0.1, -0.05) is 0 Å². The molecule has 4 heterocycles. The Bertz CT molecular complexity index is 597. The van der Waals surface area contributed by atoms with Gasteiger partial charge in [-0.15, -0.1) is 0 Å². The molecule has 1 atom stereocenters. The van der Waals surface area contributed by atoms with E-state index in [1.54, 1.807) is 0 Å². The summed E-state index contributed by atoms with van der Waals surface area (Å²) in [7, 11) is 0. The maximum Gasteiger partial charge on any atom is 0.160 e. The van der Waals surface area contributed by atoms with Gasteiger partial charge >= 0.3 is 0 Å². The molecule has 2 aromatic rings. The molecule has 2 aromatic heterocycles. The molecule has 2 fully saturated rings. The summed E-state index contributed by atoms with van der Waals surface area (Å²) in [6.07, 6.45) is 5.54. The average molecular weight is 288 g/mol. The quantitative estimate of drug-likeness (QED) is 0.922. The van der Waals surface area contributed by atoms with Crippen molar-refractivity contribution in [2.45, 2.75) is 31.2 Å². The van der Waals surface area contributed by atoms with Gasteiger partial charge in [0.05, 0.1) is 0 Å². The maximum absolute atomic E-state index is 4.94. The number of pyridine rings is 1. The lowest BCUT2D eigenvalue weighted by Crippen LogP contribution is -2.30. The normalized spacial score (nSPS) is 24.5. The summed E-state index contributed by atoms with van der Waals surface area (Å²) >= 11 is 2.06. The van der Waals surface area contributed by atoms with Gasteiger partial charge in [0.2, 0.25) is 0 Å². The van der Waals surface area contributed by atoms with E-state index in [4.69, 9.17) is 4.98 Å². The lowest BCUT2D eigenvalue weighted by atomic mass is 10.0.